The minimum Gasteiger partial charge on any atom is -0.494 e. The number of pyridine rings is 1. The van der Waals surface area contributed by atoms with Crippen LogP contribution >= 0.6 is 0 Å². The molecule has 0 spiro atoms. The fraction of sp³-hybridized carbons (Fsp3) is 0.105. The number of nitrogens with one attached hydrogen (secondary N) is 2. The van der Waals surface area contributed by atoms with Crippen LogP contribution in [0.1, 0.15) is 5.56 Å². The van der Waals surface area contributed by atoms with E-state index in [2.05, 4.69) is 15.6 Å². The second kappa shape index (κ2) is 6.24. The van der Waals surface area contributed by atoms with E-state index in [0.29, 0.717) is 10.8 Å². The van der Waals surface area contributed by atoms with Gasteiger partial charge in [0, 0.05) is 29.4 Å². The van der Waals surface area contributed by atoms with Crippen LogP contribution in [0.3, 0.4) is 0 Å². The zero-order valence-corrected chi connectivity index (χ0v) is 14.0. The van der Waals surface area contributed by atoms with E-state index in [9.17, 15) is 19.1 Å². The quantitative estimate of drug-likeness (QED) is 0.617. The van der Waals surface area contributed by atoms with Gasteiger partial charge < -0.3 is 15.0 Å². The van der Waals surface area contributed by atoms with Gasteiger partial charge in [0.15, 0.2) is 11.4 Å². The second-order valence-corrected chi connectivity index (χ2v) is 6.31. The molecule has 0 radical (unpaired) electrons. The van der Waals surface area contributed by atoms with Crippen molar-refractivity contribution < 1.29 is 19.1 Å². The Balaban J connectivity index is 1.74. The van der Waals surface area contributed by atoms with Crippen molar-refractivity contribution in [2.75, 3.05) is 0 Å². The molecule has 1 aliphatic heterocycles. The highest BCUT2D eigenvalue weighted by atomic mass is 19.1. The summed E-state index contributed by atoms with van der Waals surface area (Å²) in [6.07, 6.45) is 8.05. The van der Waals surface area contributed by atoms with Gasteiger partial charge in [0.1, 0.15) is 5.82 Å². The molecule has 136 valence electrons. The molecule has 1 fully saturated rings. The van der Waals surface area contributed by atoms with Crippen LogP contribution in [0.5, 0.6) is 5.88 Å². The normalized spacial score (nSPS) is 19.6. The first-order valence-electron chi connectivity index (χ1n) is 8.17. The molecule has 1 aliphatic rings. The lowest BCUT2D eigenvalue weighted by Gasteiger charge is -2.23. The summed E-state index contributed by atoms with van der Waals surface area (Å²) in [7, 11) is 0. The van der Waals surface area contributed by atoms with Gasteiger partial charge >= 0.3 is 6.03 Å². The zero-order valence-electron chi connectivity index (χ0n) is 14.0. The van der Waals surface area contributed by atoms with Crippen molar-refractivity contribution in [1.29, 1.82) is 0 Å². The predicted molar refractivity (Wildman–Crippen MR) is 96.2 cm³/mol. The van der Waals surface area contributed by atoms with Gasteiger partial charge in [-0.25, -0.2) is 9.18 Å². The van der Waals surface area contributed by atoms with Gasteiger partial charge in [-0.2, -0.15) is 0 Å². The van der Waals surface area contributed by atoms with E-state index in [0.717, 1.165) is 5.56 Å². The summed E-state index contributed by atoms with van der Waals surface area (Å²) in [5.41, 5.74) is -0.660. The number of nitrogens with zero attached hydrogens (tertiary/aromatic N) is 2. The molecule has 3 amide bonds. The molecule has 1 saturated heterocycles. The first-order chi connectivity index (χ1) is 13.0. The standard InChI is InChI=1S/C19H15FN4O3/c20-14-4-3-13-10-24(16(25)15(13)8-14)11-19(17(26)22-18(27)23-19)6-5-12-2-1-7-21-9-12/h1-10,25H,11H2,(H2,22,23,26,27). The molecule has 0 aliphatic carbocycles. The van der Waals surface area contributed by atoms with Crippen molar-refractivity contribution in [1.82, 2.24) is 20.2 Å². The maximum atomic E-state index is 13.5. The van der Waals surface area contributed by atoms with Crippen LogP contribution < -0.4 is 10.6 Å². The van der Waals surface area contributed by atoms with Gasteiger partial charge in [0.25, 0.3) is 5.91 Å². The first kappa shape index (κ1) is 16.8. The molecule has 0 bridgehead atoms. The molecule has 4 rings (SSSR count). The largest absolute Gasteiger partial charge is 0.494 e. The van der Waals surface area contributed by atoms with E-state index >= 15 is 0 Å². The smallest absolute Gasteiger partial charge is 0.322 e. The molecule has 3 heterocycles. The average molecular weight is 366 g/mol. The highest BCUT2D eigenvalue weighted by Gasteiger charge is 2.45. The topological polar surface area (TPSA) is 96.2 Å². The minimum atomic E-state index is -1.40. The number of rotatable bonds is 4. The minimum absolute atomic E-state index is 0.0660. The summed E-state index contributed by atoms with van der Waals surface area (Å²) in [5.74, 6) is -1.21. The predicted octanol–water partition coefficient (Wildman–Crippen LogP) is 2.17. The number of aromatic nitrogens is 2. The molecule has 27 heavy (non-hydrogen) atoms. The second-order valence-electron chi connectivity index (χ2n) is 6.31. The molecule has 1 unspecified atom stereocenters. The van der Waals surface area contributed by atoms with Gasteiger partial charge in [-0.15, -0.1) is 0 Å². The summed E-state index contributed by atoms with van der Waals surface area (Å²) in [6.45, 7) is -0.0660. The van der Waals surface area contributed by atoms with E-state index in [1.807, 2.05) is 0 Å². The Morgan fingerprint density at radius 2 is 2.15 bits per heavy atom. The van der Waals surface area contributed by atoms with Crippen molar-refractivity contribution >= 4 is 28.8 Å². The Labute approximate surface area is 153 Å². The lowest BCUT2D eigenvalue weighted by Crippen LogP contribution is -2.48. The Bertz CT molecular complexity index is 1080. The number of aromatic hydroxyl groups is 1. The zero-order chi connectivity index (χ0) is 19.0. The Kier molecular flexibility index (Phi) is 3.88. The van der Waals surface area contributed by atoms with Crippen LogP contribution in [-0.4, -0.2) is 32.1 Å². The number of urea groups is 1. The highest BCUT2D eigenvalue weighted by Crippen LogP contribution is 2.30. The molecule has 1 atom stereocenters. The number of carbonyl (C=O) groups is 2. The van der Waals surface area contributed by atoms with Crippen LogP contribution in [0, 0.1) is 5.82 Å². The number of benzene rings is 1. The Morgan fingerprint density at radius 3 is 2.85 bits per heavy atom. The first-order valence-corrected chi connectivity index (χ1v) is 8.17. The molecular weight excluding hydrogens is 351 g/mol. The van der Waals surface area contributed by atoms with Gasteiger partial charge in [-0.05, 0) is 35.9 Å². The molecule has 7 nitrogen and oxygen atoms in total. The molecule has 8 heteroatoms. The summed E-state index contributed by atoms with van der Waals surface area (Å²) in [4.78, 5) is 28.3. The molecule has 0 saturated carbocycles. The summed E-state index contributed by atoms with van der Waals surface area (Å²) >= 11 is 0. The van der Waals surface area contributed by atoms with E-state index in [4.69, 9.17) is 0 Å². The molecule has 3 aromatic rings. The third-order valence-electron chi connectivity index (χ3n) is 4.46. The van der Waals surface area contributed by atoms with Crippen molar-refractivity contribution in [2.24, 2.45) is 0 Å². The Morgan fingerprint density at radius 1 is 1.30 bits per heavy atom. The molecule has 3 N–H and O–H groups in total. The van der Waals surface area contributed by atoms with Crippen LogP contribution in [-0.2, 0) is 11.3 Å². The third kappa shape index (κ3) is 3.01. The highest BCUT2D eigenvalue weighted by molar-refractivity contribution is 6.08. The monoisotopic (exact) mass is 366 g/mol. The molecule has 1 aromatic carbocycles. The number of hydrogen-bond donors (Lipinski definition) is 3. The number of fused-ring (bicyclic) bond motifs is 1. The fourth-order valence-electron chi connectivity index (χ4n) is 3.11. The average Bonchev–Trinajstić information content (AvgIpc) is 3.11. The van der Waals surface area contributed by atoms with Crippen molar-refractivity contribution in [3.05, 3.63) is 66.4 Å². The summed E-state index contributed by atoms with van der Waals surface area (Å²) < 4.78 is 14.9. The van der Waals surface area contributed by atoms with E-state index in [-0.39, 0.29) is 12.4 Å². The SMILES string of the molecule is O=C1NC(=O)C(C=Cc2cccnc2)(Cn2cc3ccc(F)cc3c2O)N1. The third-order valence-corrected chi connectivity index (χ3v) is 4.46. The van der Waals surface area contributed by atoms with E-state index in [1.54, 1.807) is 42.9 Å². The lowest BCUT2D eigenvalue weighted by molar-refractivity contribution is -0.122. The number of amides is 3. The van der Waals surface area contributed by atoms with E-state index < -0.39 is 23.3 Å². The van der Waals surface area contributed by atoms with Gasteiger partial charge in [-0.3, -0.25) is 15.1 Å². The fourth-order valence-corrected chi connectivity index (χ4v) is 3.11. The van der Waals surface area contributed by atoms with Crippen molar-refractivity contribution in [3.8, 4) is 5.88 Å². The molecule has 2 aromatic heterocycles. The Hall–Kier alpha value is -3.68. The number of imide groups is 1. The maximum absolute atomic E-state index is 13.5. The maximum Gasteiger partial charge on any atom is 0.322 e. The van der Waals surface area contributed by atoms with Crippen LogP contribution in [0.2, 0.25) is 0 Å². The number of halogens is 1. The molecular formula is C19H15FN4O3. The van der Waals surface area contributed by atoms with Gasteiger partial charge in [0.05, 0.1) is 6.54 Å². The number of carbonyl (C=O) groups excluding carboxylic acids is 2. The van der Waals surface area contributed by atoms with Gasteiger partial charge in [0.2, 0.25) is 0 Å². The summed E-state index contributed by atoms with van der Waals surface area (Å²) in [5, 5.41) is 16.2. The van der Waals surface area contributed by atoms with Crippen LogP contribution in [0.15, 0.2) is 55.0 Å². The van der Waals surface area contributed by atoms with Crippen LogP contribution in [0.4, 0.5) is 9.18 Å². The van der Waals surface area contributed by atoms with Gasteiger partial charge in [-0.1, -0.05) is 12.1 Å². The van der Waals surface area contributed by atoms with Crippen molar-refractivity contribution in [2.45, 2.75) is 12.1 Å². The van der Waals surface area contributed by atoms with E-state index in [1.165, 1.54) is 22.8 Å². The van der Waals surface area contributed by atoms with Crippen LogP contribution in [0.25, 0.3) is 16.8 Å². The number of hydrogen-bond acceptors (Lipinski definition) is 4. The summed E-state index contributed by atoms with van der Waals surface area (Å²) in [6, 6.07) is 6.96. The lowest BCUT2D eigenvalue weighted by atomic mass is 9.98. The van der Waals surface area contributed by atoms with Crippen molar-refractivity contribution in [3.63, 3.8) is 0 Å².